The number of aryl methyl sites for hydroxylation is 1. The third kappa shape index (κ3) is 2.57. The van der Waals surface area contributed by atoms with Gasteiger partial charge < -0.3 is 9.15 Å². The van der Waals surface area contributed by atoms with Gasteiger partial charge >= 0.3 is 5.97 Å². The molecular formula is C9H13NO3. The molecule has 0 spiro atoms. The van der Waals surface area contributed by atoms with E-state index in [-0.39, 0.29) is 11.8 Å². The van der Waals surface area contributed by atoms with Crippen LogP contribution in [0.5, 0.6) is 0 Å². The molecule has 0 aromatic carbocycles. The molecule has 0 fully saturated rings. The predicted molar refractivity (Wildman–Crippen MR) is 46.4 cm³/mol. The third-order valence-corrected chi connectivity index (χ3v) is 1.41. The van der Waals surface area contributed by atoms with Gasteiger partial charge in [-0.05, 0) is 13.8 Å². The van der Waals surface area contributed by atoms with Crippen LogP contribution in [0.2, 0.25) is 0 Å². The first kappa shape index (κ1) is 9.77. The van der Waals surface area contributed by atoms with Crippen LogP contribution in [0.1, 0.15) is 37.2 Å². The average Bonchev–Trinajstić information content (AvgIpc) is 2.50. The second kappa shape index (κ2) is 4.07. The molecule has 13 heavy (non-hydrogen) atoms. The number of ether oxygens (including phenoxy) is 1. The Labute approximate surface area is 76.9 Å². The van der Waals surface area contributed by atoms with Crippen molar-refractivity contribution in [3.63, 3.8) is 0 Å². The predicted octanol–water partition coefficient (Wildman–Crippen LogP) is 1.80. The zero-order valence-electron chi connectivity index (χ0n) is 8.03. The van der Waals surface area contributed by atoms with E-state index < -0.39 is 5.97 Å². The van der Waals surface area contributed by atoms with E-state index in [1.54, 1.807) is 13.8 Å². The highest BCUT2D eigenvalue weighted by Crippen LogP contribution is 2.05. The number of esters is 1. The first-order valence-corrected chi connectivity index (χ1v) is 4.29. The van der Waals surface area contributed by atoms with Crippen molar-refractivity contribution in [2.45, 2.75) is 33.3 Å². The lowest BCUT2D eigenvalue weighted by Crippen LogP contribution is -2.11. The zero-order valence-corrected chi connectivity index (χ0v) is 8.03. The minimum atomic E-state index is -0.432. The van der Waals surface area contributed by atoms with Crippen LogP contribution in [0.25, 0.3) is 0 Å². The van der Waals surface area contributed by atoms with Gasteiger partial charge in [0.2, 0.25) is 0 Å². The van der Waals surface area contributed by atoms with Gasteiger partial charge in [0, 0.05) is 6.42 Å². The maximum Gasteiger partial charge on any atom is 0.360 e. The van der Waals surface area contributed by atoms with Crippen molar-refractivity contribution in [1.82, 2.24) is 4.98 Å². The normalized spacial score (nSPS) is 10.5. The Morgan fingerprint density at radius 2 is 2.38 bits per heavy atom. The molecule has 0 saturated carbocycles. The molecule has 0 amide bonds. The molecule has 0 saturated heterocycles. The third-order valence-electron chi connectivity index (χ3n) is 1.41. The Morgan fingerprint density at radius 3 is 2.85 bits per heavy atom. The molecule has 0 aliphatic rings. The number of nitrogens with zero attached hydrogens (tertiary/aromatic N) is 1. The molecule has 4 heteroatoms. The molecule has 0 atom stereocenters. The minimum absolute atomic E-state index is 0.130. The molecule has 0 N–H and O–H groups in total. The molecule has 0 bridgehead atoms. The van der Waals surface area contributed by atoms with E-state index in [0.717, 1.165) is 0 Å². The lowest BCUT2D eigenvalue weighted by Gasteiger charge is -2.04. The lowest BCUT2D eigenvalue weighted by atomic mass is 10.4. The standard InChI is InChI=1S/C9H13NO3/c1-4-8-10-7(5-12-8)9(11)13-6(2)3/h5-6H,4H2,1-3H3. The second-order valence-electron chi connectivity index (χ2n) is 2.93. The fraction of sp³-hybridized carbons (Fsp3) is 0.556. The van der Waals surface area contributed by atoms with Crippen LogP contribution in [0.3, 0.4) is 0 Å². The van der Waals surface area contributed by atoms with Crippen LogP contribution in [-0.2, 0) is 11.2 Å². The number of rotatable bonds is 3. The van der Waals surface area contributed by atoms with E-state index in [1.807, 2.05) is 6.92 Å². The van der Waals surface area contributed by atoms with Crippen molar-refractivity contribution >= 4 is 5.97 Å². The van der Waals surface area contributed by atoms with Gasteiger partial charge in [-0.2, -0.15) is 0 Å². The Bertz CT molecular complexity index is 291. The van der Waals surface area contributed by atoms with Crippen molar-refractivity contribution in [2.75, 3.05) is 0 Å². The van der Waals surface area contributed by atoms with Crippen molar-refractivity contribution in [1.29, 1.82) is 0 Å². The summed E-state index contributed by atoms with van der Waals surface area (Å²) in [5.74, 6) is 0.120. The number of aromatic nitrogens is 1. The van der Waals surface area contributed by atoms with Gasteiger partial charge in [0.25, 0.3) is 0 Å². The molecule has 4 nitrogen and oxygen atoms in total. The van der Waals surface area contributed by atoms with E-state index in [4.69, 9.17) is 9.15 Å². The molecule has 0 aliphatic heterocycles. The highest BCUT2D eigenvalue weighted by molar-refractivity contribution is 5.86. The van der Waals surface area contributed by atoms with Gasteiger partial charge in [-0.15, -0.1) is 0 Å². The van der Waals surface area contributed by atoms with Crippen molar-refractivity contribution in [2.24, 2.45) is 0 Å². The number of hydrogen-bond donors (Lipinski definition) is 0. The Balaban J connectivity index is 2.66. The number of carbonyl (C=O) groups excluding carboxylic acids is 1. The van der Waals surface area contributed by atoms with Crippen molar-refractivity contribution < 1.29 is 13.9 Å². The van der Waals surface area contributed by atoms with Gasteiger partial charge in [-0.25, -0.2) is 9.78 Å². The van der Waals surface area contributed by atoms with Crippen LogP contribution in [-0.4, -0.2) is 17.1 Å². The molecule has 72 valence electrons. The Kier molecular flexibility index (Phi) is 3.06. The Morgan fingerprint density at radius 1 is 1.69 bits per heavy atom. The first-order valence-electron chi connectivity index (χ1n) is 4.29. The molecule has 1 heterocycles. The SMILES string of the molecule is CCc1nc(C(=O)OC(C)C)co1. The molecule has 1 rings (SSSR count). The van der Waals surface area contributed by atoms with Crippen molar-refractivity contribution in [3.05, 3.63) is 17.8 Å². The van der Waals surface area contributed by atoms with Crippen molar-refractivity contribution in [3.8, 4) is 0 Å². The summed E-state index contributed by atoms with van der Waals surface area (Å²) >= 11 is 0. The van der Waals surface area contributed by atoms with Crippen LogP contribution >= 0.6 is 0 Å². The summed E-state index contributed by atoms with van der Waals surface area (Å²) in [6, 6.07) is 0. The van der Waals surface area contributed by atoms with E-state index in [1.165, 1.54) is 6.26 Å². The number of carbonyl (C=O) groups is 1. The molecule has 1 aromatic heterocycles. The minimum Gasteiger partial charge on any atom is -0.458 e. The summed E-state index contributed by atoms with van der Waals surface area (Å²) in [5, 5.41) is 0. The maximum atomic E-state index is 11.2. The summed E-state index contributed by atoms with van der Waals surface area (Å²) < 4.78 is 9.94. The lowest BCUT2D eigenvalue weighted by molar-refractivity contribution is 0.0371. The van der Waals surface area contributed by atoms with Gasteiger partial charge in [-0.1, -0.05) is 6.92 Å². The summed E-state index contributed by atoms with van der Waals surface area (Å²) in [6.07, 6.45) is 1.87. The van der Waals surface area contributed by atoms with Gasteiger partial charge in [-0.3, -0.25) is 0 Å². The Hall–Kier alpha value is -1.32. The van der Waals surface area contributed by atoms with E-state index in [9.17, 15) is 4.79 Å². The molecular weight excluding hydrogens is 170 g/mol. The fourth-order valence-corrected chi connectivity index (χ4v) is 0.841. The smallest absolute Gasteiger partial charge is 0.360 e. The molecule has 0 unspecified atom stereocenters. The van der Waals surface area contributed by atoms with Crippen LogP contribution in [0.15, 0.2) is 10.7 Å². The fourth-order valence-electron chi connectivity index (χ4n) is 0.841. The maximum absolute atomic E-state index is 11.2. The monoisotopic (exact) mass is 183 g/mol. The summed E-state index contributed by atoms with van der Waals surface area (Å²) in [6.45, 7) is 5.49. The summed E-state index contributed by atoms with van der Waals surface area (Å²) in [7, 11) is 0. The number of hydrogen-bond acceptors (Lipinski definition) is 4. The van der Waals surface area contributed by atoms with E-state index in [0.29, 0.717) is 12.3 Å². The van der Waals surface area contributed by atoms with Gasteiger partial charge in [0.05, 0.1) is 6.10 Å². The zero-order chi connectivity index (χ0) is 9.84. The van der Waals surface area contributed by atoms with Gasteiger partial charge in [0.1, 0.15) is 6.26 Å². The van der Waals surface area contributed by atoms with E-state index in [2.05, 4.69) is 4.98 Å². The van der Waals surface area contributed by atoms with Crippen LogP contribution in [0.4, 0.5) is 0 Å². The molecule has 1 aromatic rings. The molecule has 0 aliphatic carbocycles. The first-order chi connectivity index (χ1) is 6.13. The van der Waals surface area contributed by atoms with Gasteiger partial charge in [0.15, 0.2) is 11.6 Å². The largest absolute Gasteiger partial charge is 0.458 e. The average molecular weight is 183 g/mol. The molecule has 0 radical (unpaired) electrons. The quantitative estimate of drug-likeness (QED) is 0.670. The summed E-state index contributed by atoms with van der Waals surface area (Å²) in [4.78, 5) is 15.2. The van der Waals surface area contributed by atoms with Crippen LogP contribution in [0, 0.1) is 0 Å². The summed E-state index contributed by atoms with van der Waals surface area (Å²) in [5.41, 5.74) is 0.241. The highest BCUT2D eigenvalue weighted by atomic mass is 16.5. The van der Waals surface area contributed by atoms with Crippen LogP contribution < -0.4 is 0 Å². The number of oxazole rings is 1. The second-order valence-corrected chi connectivity index (χ2v) is 2.93. The topological polar surface area (TPSA) is 52.3 Å². The van der Waals surface area contributed by atoms with E-state index >= 15 is 0 Å². The highest BCUT2D eigenvalue weighted by Gasteiger charge is 2.13.